The number of nitrogens with one attached hydrogen (secondary N) is 1. The van der Waals surface area contributed by atoms with Gasteiger partial charge < -0.3 is 19.5 Å². The first-order valence-corrected chi connectivity index (χ1v) is 9.23. The standard InChI is InChI=1S/C19H22FN3O4/c1-10-7-23(8-11(2)26-10)17-13(9-24)5-14-16(22-27-18(14)15(17)20)19(25)21-6-12-3-4-12/h5,9-12H,3-4,6-8H2,1-2H3,(H,21,25)/t10-,11+. The van der Waals surface area contributed by atoms with Gasteiger partial charge in [0.15, 0.2) is 17.8 Å². The lowest BCUT2D eigenvalue weighted by molar-refractivity contribution is -0.00543. The van der Waals surface area contributed by atoms with Gasteiger partial charge in [-0.1, -0.05) is 5.16 Å². The van der Waals surface area contributed by atoms with Crippen molar-refractivity contribution in [3.63, 3.8) is 0 Å². The Kier molecular flexibility index (Phi) is 4.59. The number of aldehydes is 1. The molecule has 0 spiro atoms. The Hall–Kier alpha value is -2.48. The van der Waals surface area contributed by atoms with Crippen molar-refractivity contribution >= 4 is 28.8 Å². The van der Waals surface area contributed by atoms with Gasteiger partial charge in [0, 0.05) is 25.2 Å². The Labute approximate surface area is 155 Å². The van der Waals surface area contributed by atoms with Gasteiger partial charge >= 0.3 is 0 Å². The Morgan fingerprint density at radius 3 is 2.70 bits per heavy atom. The van der Waals surface area contributed by atoms with Gasteiger partial charge in [-0.25, -0.2) is 4.39 Å². The highest BCUT2D eigenvalue weighted by molar-refractivity contribution is 6.06. The SMILES string of the molecule is C[C@@H]1CN(c2c(C=O)cc3c(C(=O)NCC4CC4)noc3c2F)C[C@H](C)O1. The highest BCUT2D eigenvalue weighted by Gasteiger charge is 2.30. The molecule has 4 rings (SSSR count). The van der Waals surface area contributed by atoms with Crippen LogP contribution in [0.25, 0.3) is 11.0 Å². The van der Waals surface area contributed by atoms with Crippen LogP contribution in [-0.4, -0.2) is 49.2 Å². The van der Waals surface area contributed by atoms with Crippen LogP contribution in [0.5, 0.6) is 0 Å². The van der Waals surface area contributed by atoms with Gasteiger partial charge in [0.2, 0.25) is 5.58 Å². The molecule has 8 heteroatoms. The molecule has 1 aromatic carbocycles. The summed E-state index contributed by atoms with van der Waals surface area (Å²) in [5.41, 5.74) is 0.225. The van der Waals surface area contributed by atoms with Crippen LogP contribution in [0.4, 0.5) is 10.1 Å². The van der Waals surface area contributed by atoms with E-state index in [1.807, 2.05) is 13.8 Å². The summed E-state index contributed by atoms with van der Waals surface area (Å²) in [6, 6.07) is 1.48. The zero-order valence-corrected chi connectivity index (χ0v) is 15.3. The Morgan fingerprint density at radius 2 is 2.07 bits per heavy atom. The minimum absolute atomic E-state index is 0.00270. The van der Waals surface area contributed by atoms with Crippen LogP contribution in [0.15, 0.2) is 10.6 Å². The summed E-state index contributed by atoms with van der Waals surface area (Å²) in [4.78, 5) is 25.8. The fraction of sp³-hybridized carbons (Fsp3) is 0.526. The number of carbonyl (C=O) groups is 2. The predicted octanol–water partition coefficient (Wildman–Crippen LogP) is 2.53. The number of halogens is 1. The highest BCUT2D eigenvalue weighted by Crippen LogP contribution is 2.34. The van der Waals surface area contributed by atoms with E-state index >= 15 is 4.39 Å². The minimum Gasteiger partial charge on any atom is -0.372 e. The van der Waals surface area contributed by atoms with Crippen molar-refractivity contribution < 1.29 is 23.2 Å². The maximum absolute atomic E-state index is 15.2. The summed E-state index contributed by atoms with van der Waals surface area (Å²) in [5, 5.41) is 6.76. The minimum atomic E-state index is -0.676. The Balaban J connectivity index is 1.72. The smallest absolute Gasteiger partial charge is 0.274 e. The first-order valence-electron chi connectivity index (χ1n) is 9.23. The van der Waals surface area contributed by atoms with Gasteiger partial charge in [-0.3, -0.25) is 9.59 Å². The van der Waals surface area contributed by atoms with E-state index < -0.39 is 11.7 Å². The lowest BCUT2D eigenvalue weighted by Gasteiger charge is -2.37. The largest absolute Gasteiger partial charge is 0.372 e. The number of ether oxygens (including phenoxy) is 1. The number of hydrogen-bond acceptors (Lipinski definition) is 6. The normalized spacial score (nSPS) is 22.9. The van der Waals surface area contributed by atoms with Gasteiger partial charge in [0.05, 0.1) is 23.3 Å². The van der Waals surface area contributed by atoms with Crippen molar-refractivity contribution in [1.82, 2.24) is 10.5 Å². The zero-order valence-electron chi connectivity index (χ0n) is 15.3. The molecule has 0 unspecified atom stereocenters. The van der Waals surface area contributed by atoms with Crippen LogP contribution in [-0.2, 0) is 4.74 Å². The third kappa shape index (κ3) is 3.41. The van der Waals surface area contributed by atoms with Crippen molar-refractivity contribution in [2.24, 2.45) is 5.92 Å². The van der Waals surface area contributed by atoms with Crippen molar-refractivity contribution in [2.75, 3.05) is 24.5 Å². The predicted molar refractivity (Wildman–Crippen MR) is 96.6 cm³/mol. The van der Waals surface area contributed by atoms with E-state index in [0.29, 0.717) is 31.8 Å². The fourth-order valence-electron chi connectivity index (χ4n) is 3.63. The number of benzene rings is 1. The molecule has 1 saturated carbocycles. The van der Waals surface area contributed by atoms with Gasteiger partial charge in [-0.15, -0.1) is 0 Å². The number of fused-ring (bicyclic) bond motifs is 1. The Morgan fingerprint density at radius 1 is 1.37 bits per heavy atom. The number of rotatable bonds is 5. The maximum Gasteiger partial charge on any atom is 0.274 e. The van der Waals surface area contributed by atoms with Crippen LogP contribution < -0.4 is 10.2 Å². The average molecular weight is 375 g/mol. The molecule has 1 aliphatic heterocycles. The number of amides is 1. The molecule has 144 valence electrons. The van der Waals surface area contributed by atoms with Crippen LogP contribution in [0.1, 0.15) is 47.5 Å². The van der Waals surface area contributed by atoms with E-state index in [4.69, 9.17) is 9.26 Å². The Bertz CT molecular complexity index is 883. The number of morpholine rings is 1. The summed E-state index contributed by atoms with van der Waals surface area (Å²) in [6.07, 6.45) is 2.61. The summed E-state index contributed by atoms with van der Waals surface area (Å²) in [7, 11) is 0. The fourth-order valence-corrected chi connectivity index (χ4v) is 3.63. The quantitative estimate of drug-likeness (QED) is 0.809. The van der Waals surface area contributed by atoms with E-state index in [1.165, 1.54) is 6.07 Å². The van der Waals surface area contributed by atoms with Crippen LogP contribution in [0.3, 0.4) is 0 Å². The summed E-state index contributed by atoms with van der Waals surface area (Å²) in [5.74, 6) is -0.589. The van der Waals surface area contributed by atoms with Crippen LogP contribution in [0.2, 0.25) is 0 Å². The third-order valence-electron chi connectivity index (χ3n) is 5.03. The molecule has 27 heavy (non-hydrogen) atoms. The van der Waals surface area contributed by atoms with Crippen molar-refractivity contribution in [1.29, 1.82) is 0 Å². The number of carbonyl (C=O) groups excluding carboxylic acids is 2. The van der Waals surface area contributed by atoms with Gasteiger partial charge in [-0.05, 0) is 38.7 Å². The van der Waals surface area contributed by atoms with E-state index in [1.54, 1.807) is 4.90 Å². The second-order valence-electron chi connectivity index (χ2n) is 7.47. The van der Waals surface area contributed by atoms with E-state index in [2.05, 4.69) is 10.5 Å². The van der Waals surface area contributed by atoms with Crippen molar-refractivity contribution in [2.45, 2.75) is 38.9 Å². The molecule has 1 N–H and O–H groups in total. The number of anilines is 1. The molecule has 1 saturated heterocycles. The van der Waals surface area contributed by atoms with E-state index in [0.717, 1.165) is 12.8 Å². The van der Waals surface area contributed by atoms with E-state index in [-0.39, 0.29) is 40.1 Å². The molecule has 2 atom stereocenters. The topological polar surface area (TPSA) is 84.7 Å². The highest BCUT2D eigenvalue weighted by atomic mass is 19.1. The molecule has 1 aliphatic carbocycles. The zero-order chi connectivity index (χ0) is 19.1. The lowest BCUT2D eigenvalue weighted by Crippen LogP contribution is -2.46. The van der Waals surface area contributed by atoms with Crippen molar-refractivity contribution in [3.8, 4) is 0 Å². The first kappa shape index (κ1) is 17.9. The maximum atomic E-state index is 15.2. The van der Waals surface area contributed by atoms with Crippen molar-refractivity contribution in [3.05, 3.63) is 23.1 Å². The number of hydrogen-bond donors (Lipinski definition) is 1. The molecule has 1 aromatic heterocycles. The molecule has 2 heterocycles. The number of nitrogens with zero attached hydrogens (tertiary/aromatic N) is 2. The molecule has 2 aromatic rings. The summed E-state index contributed by atoms with van der Waals surface area (Å²) < 4.78 is 26.1. The molecule has 2 aliphatic rings. The summed E-state index contributed by atoms with van der Waals surface area (Å²) >= 11 is 0. The molecular formula is C19H22FN3O4. The molecule has 7 nitrogen and oxygen atoms in total. The second-order valence-corrected chi connectivity index (χ2v) is 7.47. The lowest BCUT2D eigenvalue weighted by atomic mass is 10.1. The van der Waals surface area contributed by atoms with Gasteiger partial charge in [0.1, 0.15) is 0 Å². The molecular weight excluding hydrogens is 353 g/mol. The van der Waals surface area contributed by atoms with Crippen LogP contribution in [0, 0.1) is 11.7 Å². The van der Waals surface area contributed by atoms with Gasteiger partial charge in [0.25, 0.3) is 5.91 Å². The molecule has 1 amide bonds. The average Bonchev–Trinajstić information content (AvgIpc) is 3.35. The monoisotopic (exact) mass is 375 g/mol. The van der Waals surface area contributed by atoms with Gasteiger partial charge in [-0.2, -0.15) is 0 Å². The second kappa shape index (κ2) is 6.92. The molecule has 0 bridgehead atoms. The van der Waals surface area contributed by atoms with E-state index in [9.17, 15) is 9.59 Å². The molecule has 0 radical (unpaired) electrons. The molecule has 2 fully saturated rings. The third-order valence-corrected chi connectivity index (χ3v) is 5.03. The first-order chi connectivity index (χ1) is 13.0. The number of aromatic nitrogens is 1. The summed E-state index contributed by atoms with van der Waals surface area (Å²) in [6.45, 7) is 5.28. The van der Waals surface area contributed by atoms with Crippen LogP contribution >= 0.6 is 0 Å².